The van der Waals surface area contributed by atoms with E-state index in [1.54, 1.807) is 7.05 Å². The van der Waals surface area contributed by atoms with Crippen molar-refractivity contribution in [3.05, 3.63) is 0 Å². The van der Waals surface area contributed by atoms with Crippen LogP contribution in [0.4, 0.5) is 0 Å². The van der Waals surface area contributed by atoms with Crippen LogP contribution in [0.15, 0.2) is 0 Å². The Hall–Kier alpha value is -0.130. The lowest BCUT2D eigenvalue weighted by Crippen LogP contribution is -2.49. The van der Waals surface area contributed by atoms with Gasteiger partial charge in [-0.2, -0.15) is 12.7 Å². The zero-order valence-corrected chi connectivity index (χ0v) is 9.33. The first-order valence-electron chi connectivity index (χ1n) is 5.24. The number of hydrogen-bond acceptors (Lipinski definition) is 2. The van der Waals surface area contributed by atoms with E-state index in [-0.39, 0.29) is 6.04 Å². The molecule has 2 bridgehead atoms. The third-order valence-electron chi connectivity index (χ3n) is 3.88. The normalized spacial score (nSPS) is 37.8. The van der Waals surface area contributed by atoms with Gasteiger partial charge in [-0.3, -0.25) is 0 Å². The fraction of sp³-hybridized carbons (Fsp3) is 1.00. The Labute approximate surface area is 85.6 Å². The number of rotatable bonds is 2. The average molecular weight is 218 g/mol. The minimum atomic E-state index is -3.49. The molecular formula is C9H18N2O2S. The molecule has 0 aromatic heterocycles. The van der Waals surface area contributed by atoms with Crippen LogP contribution < -0.4 is 5.14 Å². The Balaban J connectivity index is 2.12. The fourth-order valence-corrected chi connectivity index (χ4v) is 3.61. The standard InChI is InChI=1S/C9H18N2O2S/c1-11(14(10,12)13)9-6-7-2-4-8(9)5-3-7/h7-9H,2-6H2,1H3,(H2,10,12,13). The van der Waals surface area contributed by atoms with Crippen molar-refractivity contribution in [2.45, 2.75) is 38.1 Å². The van der Waals surface area contributed by atoms with Gasteiger partial charge in [-0.1, -0.05) is 12.8 Å². The minimum absolute atomic E-state index is 0.164. The van der Waals surface area contributed by atoms with Crippen molar-refractivity contribution in [1.29, 1.82) is 0 Å². The zero-order valence-electron chi connectivity index (χ0n) is 8.52. The van der Waals surface area contributed by atoms with E-state index < -0.39 is 10.2 Å². The van der Waals surface area contributed by atoms with Crippen molar-refractivity contribution >= 4 is 10.2 Å². The Morgan fingerprint density at radius 3 is 2.14 bits per heavy atom. The van der Waals surface area contributed by atoms with Crippen LogP contribution in [-0.2, 0) is 10.2 Å². The molecule has 3 aliphatic carbocycles. The highest BCUT2D eigenvalue weighted by Crippen LogP contribution is 2.43. The molecule has 5 heteroatoms. The van der Waals surface area contributed by atoms with Crippen molar-refractivity contribution in [2.75, 3.05) is 7.05 Å². The first kappa shape index (κ1) is 10.4. The largest absolute Gasteiger partial charge is 0.276 e. The summed E-state index contributed by atoms with van der Waals surface area (Å²) in [5, 5.41) is 5.14. The summed E-state index contributed by atoms with van der Waals surface area (Å²) in [6.45, 7) is 0. The summed E-state index contributed by atoms with van der Waals surface area (Å²) in [5.41, 5.74) is 0. The molecule has 1 atom stereocenters. The van der Waals surface area contributed by atoms with Crippen LogP contribution in [-0.4, -0.2) is 25.8 Å². The van der Waals surface area contributed by atoms with Crippen molar-refractivity contribution in [2.24, 2.45) is 17.0 Å². The van der Waals surface area contributed by atoms with E-state index in [2.05, 4.69) is 0 Å². The van der Waals surface area contributed by atoms with Gasteiger partial charge in [0.25, 0.3) is 10.2 Å². The Bertz CT molecular complexity index is 307. The summed E-state index contributed by atoms with van der Waals surface area (Å²) < 4.78 is 23.8. The highest BCUT2D eigenvalue weighted by atomic mass is 32.2. The third-order valence-corrected chi connectivity index (χ3v) is 4.95. The molecule has 1 unspecified atom stereocenters. The molecule has 0 spiro atoms. The molecule has 4 nitrogen and oxygen atoms in total. The third kappa shape index (κ3) is 1.81. The topological polar surface area (TPSA) is 63.4 Å². The second-order valence-corrected chi connectivity index (χ2v) is 6.25. The lowest BCUT2D eigenvalue weighted by atomic mass is 9.68. The van der Waals surface area contributed by atoms with E-state index in [1.165, 1.54) is 30.0 Å². The number of nitrogens with two attached hydrogens (primary N) is 1. The van der Waals surface area contributed by atoms with Gasteiger partial charge in [-0.05, 0) is 31.1 Å². The summed E-state index contributed by atoms with van der Waals surface area (Å²) in [6.07, 6.45) is 5.92. The summed E-state index contributed by atoms with van der Waals surface area (Å²) in [7, 11) is -1.88. The monoisotopic (exact) mass is 218 g/mol. The van der Waals surface area contributed by atoms with Gasteiger partial charge in [0.2, 0.25) is 0 Å². The van der Waals surface area contributed by atoms with Crippen molar-refractivity contribution in [3.8, 4) is 0 Å². The molecule has 14 heavy (non-hydrogen) atoms. The van der Waals surface area contributed by atoms with Gasteiger partial charge in [0.1, 0.15) is 0 Å². The maximum Gasteiger partial charge on any atom is 0.276 e. The lowest BCUT2D eigenvalue weighted by molar-refractivity contribution is 0.0890. The zero-order chi connectivity index (χ0) is 10.3. The molecule has 3 fully saturated rings. The van der Waals surface area contributed by atoms with E-state index in [4.69, 9.17) is 5.14 Å². The first-order chi connectivity index (χ1) is 6.48. The Kier molecular flexibility index (Phi) is 2.57. The fourth-order valence-electron chi connectivity index (χ4n) is 2.98. The van der Waals surface area contributed by atoms with Gasteiger partial charge >= 0.3 is 0 Å². The van der Waals surface area contributed by atoms with Crippen LogP contribution in [0.1, 0.15) is 32.1 Å². The lowest BCUT2D eigenvalue weighted by Gasteiger charge is -2.45. The summed E-state index contributed by atoms with van der Waals surface area (Å²) >= 11 is 0. The second-order valence-electron chi connectivity index (χ2n) is 4.65. The van der Waals surface area contributed by atoms with Crippen LogP contribution in [0.3, 0.4) is 0 Å². The van der Waals surface area contributed by atoms with E-state index in [9.17, 15) is 8.42 Å². The molecule has 0 aliphatic heterocycles. The summed E-state index contributed by atoms with van der Waals surface area (Å²) in [4.78, 5) is 0. The van der Waals surface area contributed by atoms with Crippen LogP contribution in [0.2, 0.25) is 0 Å². The molecule has 3 aliphatic rings. The maximum absolute atomic E-state index is 11.2. The molecule has 0 heterocycles. The van der Waals surface area contributed by atoms with Gasteiger partial charge in [0.05, 0.1) is 0 Å². The molecule has 2 N–H and O–H groups in total. The number of fused-ring (bicyclic) bond motifs is 3. The number of hydrogen-bond donors (Lipinski definition) is 1. The van der Waals surface area contributed by atoms with Gasteiger partial charge in [0.15, 0.2) is 0 Å². The van der Waals surface area contributed by atoms with Crippen molar-refractivity contribution < 1.29 is 8.42 Å². The number of nitrogens with zero attached hydrogens (tertiary/aromatic N) is 1. The van der Waals surface area contributed by atoms with Crippen molar-refractivity contribution in [3.63, 3.8) is 0 Å². The van der Waals surface area contributed by atoms with Gasteiger partial charge < -0.3 is 0 Å². The predicted octanol–water partition coefficient (Wildman–Crippen LogP) is 0.700. The van der Waals surface area contributed by atoms with E-state index in [0.717, 1.165) is 12.3 Å². The predicted molar refractivity (Wildman–Crippen MR) is 54.7 cm³/mol. The van der Waals surface area contributed by atoms with Crippen LogP contribution >= 0.6 is 0 Å². The van der Waals surface area contributed by atoms with E-state index in [1.807, 2.05) is 0 Å². The SMILES string of the molecule is CN(C1CC2CCC1CC2)S(N)(=O)=O. The first-order valence-corrected chi connectivity index (χ1v) is 6.74. The minimum Gasteiger partial charge on any atom is -0.216 e. The van der Waals surface area contributed by atoms with Crippen LogP contribution in [0, 0.1) is 11.8 Å². The molecule has 0 amide bonds. The molecule has 3 saturated carbocycles. The van der Waals surface area contributed by atoms with Gasteiger partial charge in [-0.25, -0.2) is 5.14 Å². The van der Waals surface area contributed by atoms with Gasteiger partial charge in [0, 0.05) is 13.1 Å². The van der Waals surface area contributed by atoms with Crippen LogP contribution in [0.5, 0.6) is 0 Å². The van der Waals surface area contributed by atoms with Gasteiger partial charge in [-0.15, -0.1) is 0 Å². The molecule has 0 saturated heterocycles. The maximum atomic E-state index is 11.2. The second kappa shape index (κ2) is 3.47. The van der Waals surface area contributed by atoms with E-state index in [0.29, 0.717) is 5.92 Å². The molecule has 0 radical (unpaired) electrons. The molecule has 82 valence electrons. The molecular weight excluding hydrogens is 200 g/mol. The van der Waals surface area contributed by atoms with Crippen molar-refractivity contribution in [1.82, 2.24) is 4.31 Å². The Morgan fingerprint density at radius 2 is 1.79 bits per heavy atom. The quantitative estimate of drug-likeness (QED) is 0.741. The summed E-state index contributed by atoms with van der Waals surface area (Å²) in [5.74, 6) is 1.28. The highest BCUT2D eigenvalue weighted by Gasteiger charge is 2.40. The molecule has 0 aromatic rings. The van der Waals surface area contributed by atoms with E-state index >= 15 is 0 Å². The average Bonchev–Trinajstić information content (AvgIpc) is 2.17. The van der Waals surface area contributed by atoms with Crippen LogP contribution in [0.25, 0.3) is 0 Å². The highest BCUT2D eigenvalue weighted by molar-refractivity contribution is 7.86. The summed E-state index contributed by atoms with van der Waals surface area (Å²) in [6, 6.07) is 0.164. The molecule has 3 rings (SSSR count). The Morgan fingerprint density at radius 1 is 1.21 bits per heavy atom. The molecule has 0 aromatic carbocycles. The smallest absolute Gasteiger partial charge is 0.216 e.